The van der Waals surface area contributed by atoms with Crippen molar-refractivity contribution in [2.75, 3.05) is 11.9 Å². The van der Waals surface area contributed by atoms with Crippen LogP contribution in [0.1, 0.15) is 19.8 Å². The standard InChI is InChI=1S/C20H18Cl2N4O/c1-2-3-9-23-19-17-18(15-11-13(22)7-8-16(15)24-19)25-26(20(17)27)14-6-4-5-12(21)10-14/h4-8,10-11,25H,2-3,9H2,1H3,(H,23,24). The van der Waals surface area contributed by atoms with Crippen molar-refractivity contribution in [2.45, 2.75) is 19.8 Å². The maximum Gasteiger partial charge on any atom is 0.282 e. The molecular weight excluding hydrogens is 383 g/mol. The highest BCUT2D eigenvalue weighted by Gasteiger charge is 2.17. The third-order valence-corrected chi connectivity index (χ3v) is 4.95. The molecule has 0 aliphatic rings. The lowest BCUT2D eigenvalue weighted by Gasteiger charge is -2.08. The maximum absolute atomic E-state index is 13.2. The van der Waals surface area contributed by atoms with Crippen molar-refractivity contribution < 1.29 is 0 Å². The van der Waals surface area contributed by atoms with E-state index in [0.717, 1.165) is 30.3 Å². The largest absolute Gasteiger partial charge is 0.369 e. The zero-order valence-corrected chi connectivity index (χ0v) is 16.2. The molecule has 5 nitrogen and oxygen atoms in total. The van der Waals surface area contributed by atoms with Gasteiger partial charge in [-0.3, -0.25) is 9.89 Å². The zero-order chi connectivity index (χ0) is 19.0. The Morgan fingerprint density at radius 2 is 1.96 bits per heavy atom. The second kappa shape index (κ2) is 7.25. The molecule has 0 aliphatic heterocycles. The number of unbranched alkanes of at least 4 members (excludes halogenated alkanes) is 1. The van der Waals surface area contributed by atoms with Crippen molar-refractivity contribution in [1.82, 2.24) is 14.8 Å². The number of fused-ring (bicyclic) bond motifs is 3. The highest BCUT2D eigenvalue weighted by atomic mass is 35.5. The van der Waals surface area contributed by atoms with E-state index in [1.54, 1.807) is 18.2 Å². The van der Waals surface area contributed by atoms with Gasteiger partial charge in [0.05, 0.1) is 16.7 Å². The van der Waals surface area contributed by atoms with Gasteiger partial charge < -0.3 is 5.32 Å². The molecule has 138 valence electrons. The minimum absolute atomic E-state index is 0.180. The summed E-state index contributed by atoms with van der Waals surface area (Å²) in [6, 6.07) is 12.6. The average molecular weight is 401 g/mol. The Balaban J connectivity index is 2.01. The van der Waals surface area contributed by atoms with Crippen molar-refractivity contribution >= 4 is 50.8 Å². The first-order valence-corrected chi connectivity index (χ1v) is 9.58. The predicted octanol–water partition coefficient (Wildman–Crippen LogP) is 5.39. The number of aromatic nitrogens is 3. The van der Waals surface area contributed by atoms with Crippen LogP contribution in [0.4, 0.5) is 5.82 Å². The second-order valence-electron chi connectivity index (χ2n) is 6.38. The quantitative estimate of drug-likeness (QED) is 0.441. The van der Waals surface area contributed by atoms with Gasteiger partial charge in [0.2, 0.25) is 0 Å². The molecule has 4 aromatic rings. The Bertz CT molecular complexity index is 1200. The van der Waals surface area contributed by atoms with Crippen molar-refractivity contribution in [3.8, 4) is 5.69 Å². The number of nitrogens with zero attached hydrogens (tertiary/aromatic N) is 2. The fraction of sp³-hybridized carbons (Fsp3) is 0.200. The van der Waals surface area contributed by atoms with Gasteiger partial charge in [0.15, 0.2) is 0 Å². The number of hydrogen-bond acceptors (Lipinski definition) is 3. The van der Waals surface area contributed by atoms with Crippen LogP contribution in [0.3, 0.4) is 0 Å². The number of halogens is 2. The third kappa shape index (κ3) is 3.29. The minimum Gasteiger partial charge on any atom is -0.369 e. The Morgan fingerprint density at radius 1 is 1.15 bits per heavy atom. The number of H-pyrrole nitrogens is 1. The van der Waals surface area contributed by atoms with Gasteiger partial charge in [0, 0.05) is 22.0 Å². The monoisotopic (exact) mass is 400 g/mol. The second-order valence-corrected chi connectivity index (χ2v) is 7.26. The van der Waals surface area contributed by atoms with Crippen LogP contribution >= 0.6 is 23.2 Å². The summed E-state index contributed by atoms with van der Waals surface area (Å²) in [4.78, 5) is 17.9. The Kier molecular flexibility index (Phi) is 4.81. The summed E-state index contributed by atoms with van der Waals surface area (Å²) in [5, 5.41) is 8.99. The molecule has 0 saturated heterocycles. The first kappa shape index (κ1) is 17.9. The summed E-state index contributed by atoms with van der Waals surface area (Å²) in [6.45, 7) is 2.87. The van der Waals surface area contributed by atoms with Gasteiger partial charge in [-0.05, 0) is 42.8 Å². The number of pyridine rings is 1. The first-order chi connectivity index (χ1) is 13.1. The lowest BCUT2D eigenvalue weighted by atomic mass is 10.1. The molecule has 0 atom stereocenters. The van der Waals surface area contributed by atoms with Crippen LogP contribution in [-0.2, 0) is 0 Å². The Morgan fingerprint density at radius 3 is 2.74 bits per heavy atom. The van der Waals surface area contributed by atoms with E-state index in [0.29, 0.717) is 32.5 Å². The van der Waals surface area contributed by atoms with Gasteiger partial charge in [0.1, 0.15) is 11.2 Å². The third-order valence-electron chi connectivity index (χ3n) is 4.48. The molecule has 0 saturated carbocycles. The minimum atomic E-state index is -0.180. The molecular formula is C20H18Cl2N4O. The lowest BCUT2D eigenvalue weighted by Crippen LogP contribution is -2.15. The van der Waals surface area contributed by atoms with E-state index in [1.165, 1.54) is 4.68 Å². The highest BCUT2D eigenvalue weighted by Crippen LogP contribution is 2.29. The lowest BCUT2D eigenvalue weighted by molar-refractivity contribution is 0.832. The molecule has 0 radical (unpaired) electrons. The molecule has 0 amide bonds. The molecule has 7 heteroatoms. The van der Waals surface area contributed by atoms with E-state index in [4.69, 9.17) is 23.2 Å². The molecule has 2 aromatic carbocycles. The van der Waals surface area contributed by atoms with Gasteiger partial charge in [-0.15, -0.1) is 0 Å². The number of rotatable bonds is 5. The van der Waals surface area contributed by atoms with Crippen molar-refractivity contribution in [3.05, 3.63) is 62.9 Å². The molecule has 27 heavy (non-hydrogen) atoms. The number of aromatic amines is 1. The van der Waals surface area contributed by atoms with Crippen LogP contribution in [0.25, 0.3) is 27.5 Å². The van der Waals surface area contributed by atoms with Crippen molar-refractivity contribution in [1.29, 1.82) is 0 Å². The number of benzene rings is 2. The Labute approximate surface area is 165 Å². The number of hydrogen-bond donors (Lipinski definition) is 2. The van der Waals surface area contributed by atoms with Crippen LogP contribution in [0.2, 0.25) is 10.0 Å². The fourth-order valence-corrected chi connectivity index (χ4v) is 3.50. The first-order valence-electron chi connectivity index (χ1n) is 8.82. The summed E-state index contributed by atoms with van der Waals surface area (Å²) in [5.74, 6) is 0.579. The smallest absolute Gasteiger partial charge is 0.282 e. The fourth-order valence-electron chi connectivity index (χ4n) is 3.14. The molecule has 2 heterocycles. The van der Waals surface area contributed by atoms with Crippen molar-refractivity contribution in [2.24, 2.45) is 0 Å². The van der Waals surface area contributed by atoms with Gasteiger partial charge >= 0.3 is 0 Å². The molecule has 0 aliphatic carbocycles. The van der Waals surface area contributed by atoms with Crippen LogP contribution < -0.4 is 10.9 Å². The van der Waals surface area contributed by atoms with Gasteiger partial charge in [-0.1, -0.05) is 42.6 Å². The van der Waals surface area contributed by atoms with E-state index in [2.05, 4.69) is 22.3 Å². The number of anilines is 1. The van der Waals surface area contributed by atoms with Crippen LogP contribution in [-0.4, -0.2) is 21.3 Å². The summed E-state index contributed by atoms with van der Waals surface area (Å²) in [6.07, 6.45) is 2.05. The SMILES string of the molecule is CCCCNc1nc2ccc(Cl)cc2c2[nH]n(-c3cccc(Cl)c3)c(=O)c12. The maximum atomic E-state index is 13.2. The molecule has 0 bridgehead atoms. The molecule has 0 fully saturated rings. The van der Waals surface area contributed by atoms with Crippen LogP contribution in [0.5, 0.6) is 0 Å². The summed E-state index contributed by atoms with van der Waals surface area (Å²) >= 11 is 12.3. The molecule has 0 spiro atoms. The zero-order valence-electron chi connectivity index (χ0n) is 14.7. The van der Waals surface area contributed by atoms with Gasteiger partial charge in [-0.25, -0.2) is 9.67 Å². The normalized spacial score (nSPS) is 11.4. The molecule has 2 N–H and O–H groups in total. The summed E-state index contributed by atoms with van der Waals surface area (Å²) in [5.41, 5.74) is 1.95. The highest BCUT2D eigenvalue weighted by molar-refractivity contribution is 6.31. The summed E-state index contributed by atoms with van der Waals surface area (Å²) in [7, 11) is 0. The topological polar surface area (TPSA) is 62.7 Å². The summed E-state index contributed by atoms with van der Waals surface area (Å²) < 4.78 is 1.49. The molecule has 0 unspecified atom stereocenters. The van der Waals surface area contributed by atoms with E-state index in [-0.39, 0.29) is 5.56 Å². The van der Waals surface area contributed by atoms with Gasteiger partial charge in [0.25, 0.3) is 5.56 Å². The van der Waals surface area contributed by atoms with E-state index < -0.39 is 0 Å². The van der Waals surface area contributed by atoms with Crippen LogP contribution in [0.15, 0.2) is 47.3 Å². The average Bonchev–Trinajstić information content (AvgIpc) is 3.00. The van der Waals surface area contributed by atoms with E-state index >= 15 is 0 Å². The Hall–Kier alpha value is -2.50. The van der Waals surface area contributed by atoms with E-state index in [1.807, 2.05) is 24.3 Å². The van der Waals surface area contributed by atoms with Gasteiger partial charge in [-0.2, -0.15) is 0 Å². The molecule has 4 rings (SSSR count). The molecule has 2 aromatic heterocycles. The van der Waals surface area contributed by atoms with Crippen molar-refractivity contribution in [3.63, 3.8) is 0 Å². The predicted molar refractivity (Wildman–Crippen MR) is 113 cm³/mol. The van der Waals surface area contributed by atoms with Crippen LogP contribution in [0, 0.1) is 0 Å². The number of nitrogens with one attached hydrogen (secondary N) is 2. The van der Waals surface area contributed by atoms with E-state index in [9.17, 15) is 4.79 Å².